The number of aromatic nitrogens is 2. The summed E-state index contributed by atoms with van der Waals surface area (Å²) >= 11 is 3.84. The number of hydrogen-bond acceptors (Lipinski definition) is 2. The number of fused-ring (bicyclic) bond motifs is 19. The quantitative estimate of drug-likeness (QED) is 0.141. The van der Waals surface area contributed by atoms with Gasteiger partial charge in [0, 0.05) is 84.0 Å². The minimum Gasteiger partial charge on any atom is -0.310 e. The number of para-hydroxylation sites is 2. The van der Waals surface area contributed by atoms with Gasteiger partial charge in [-0.1, -0.05) is 103 Å². The maximum Gasteiger partial charge on any atom is 0.252 e. The molecule has 232 valence electrons. The van der Waals surface area contributed by atoms with Gasteiger partial charge < -0.3 is 9.13 Å². The highest BCUT2D eigenvalue weighted by molar-refractivity contribution is 7.27. The van der Waals surface area contributed by atoms with Gasteiger partial charge in [0.25, 0.3) is 6.71 Å². The van der Waals surface area contributed by atoms with Crippen molar-refractivity contribution in [2.75, 3.05) is 0 Å². The van der Waals surface area contributed by atoms with Crippen LogP contribution in [-0.2, 0) is 0 Å². The maximum absolute atomic E-state index is 2.64. The van der Waals surface area contributed by atoms with E-state index in [2.05, 4.69) is 149 Å². The average molecular weight is 679 g/mol. The third-order valence-electron chi connectivity index (χ3n) is 12.1. The van der Waals surface area contributed by atoms with E-state index in [9.17, 15) is 0 Å². The van der Waals surface area contributed by atoms with Crippen molar-refractivity contribution in [2.24, 2.45) is 0 Å². The zero-order chi connectivity index (χ0) is 32.7. The first-order valence-electron chi connectivity index (χ1n) is 17.6. The second-order valence-electron chi connectivity index (χ2n) is 14.4. The molecule has 2 aliphatic rings. The molecule has 0 saturated carbocycles. The van der Waals surface area contributed by atoms with Crippen LogP contribution in [-0.4, -0.2) is 15.8 Å². The Labute approximate surface area is 299 Å². The standard InChI is InChI=1S/C46H23BN2S2/c1-2-10-25-24(9-1)21-37-42-45(25)49-35-20-19-29-26-11-3-6-18-39(26)51-46(29)41(35)30-14-8-16-34(44(30)49)47(42)33-15-7-13-28-31-22-32-27-12-4-5-17-38(27)50-40(32)23-36(31)48(37)43(28)33/h1-23H. The highest BCUT2D eigenvalue weighted by atomic mass is 32.1. The first-order chi connectivity index (χ1) is 25.3. The zero-order valence-corrected chi connectivity index (χ0v) is 28.7. The molecule has 8 aromatic carbocycles. The van der Waals surface area contributed by atoms with Gasteiger partial charge in [-0.2, -0.15) is 0 Å². The van der Waals surface area contributed by atoms with E-state index >= 15 is 0 Å². The molecule has 5 heteroatoms. The van der Waals surface area contributed by atoms with E-state index in [1.807, 2.05) is 22.7 Å². The van der Waals surface area contributed by atoms with E-state index in [4.69, 9.17) is 0 Å². The molecule has 6 heterocycles. The van der Waals surface area contributed by atoms with Gasteiger partial charge in [-0.15, -0.1) is 22.7 Å². The summed E-state index contributed by atoms with van der Waals surface area (Å²) < 4.78 is 10.7. The van der Waals surface area contributed by atoms with Crippen LogP contribution in [0.25, 0.3) is 106 Å². The normalized spacial score (nSPS) is 13.5. The Morgan fingerprint density at radius 2 is 1.12 bits per heavy atom. The summed E-state index contributed by atoms with van der Waals surface area (Å²) in [5, 5.41) is 13.4. The lowest BCUT2D eigenvalue weighted by atomic mass is 9.34. The molecule has 0 saturated heterocycles. The van der Waals surface area contributed by atoms with Gasteiger partial charge in [0.15, 0.2) is 0 Å². The predicted molar refractivity (Wildman–Crippen MR) is 223 cm³/mol. The Kier molecular flexibility index (Phi) is 4.44. The molecule has 0 atom stereocenters. The Bertz CT molecular complexity index is 3610. The van der Waals surface area contributed by atoms with Crippen LogP contribution >= 0.6 is 22.7 Å². The number of thiophene rings is 2. The van der Waals surface area contributed by atoms with Crippen molar-refractivity contribution >= 4 is 141 Å². The summed E-state index contributed by atoms with van der Waals surface area (Å²) in [4.78, 5) is 0. The predicted octanol–water partition coefficient (Wildman–Crippen LogP) is 10.9. The fourth-order valence-electron chi connectivity index (χ4n) is 10.1. The minimum atomic E-state index is 0.125. The molecule has 2 aliphatic heterocycles. The highest BCUT2D eigenvalue weighted by Crippen LogP contribution is 2.47. The molecule has 14 rings (SSSR count). The Morgan fingerprint density at radius 3 is 1.96 bits per heavy atom. The molecule has 0 unspecified atom stereocenters. The number of hydrogen-bond donors (Lipinski definition) is 0. The van der Waals surface area contributed by atoms with Crippen molar-refractivity contribution in [3.8, 4) is 11.4 Å². The van der Waals surface area contributed by atoms with E-state index in [1.54, 1.807) is 0 Å². The maximum atomic E-state index is 2.64. The lowest BCUT2D eigenvalue weighted by Gasteiger charge is -2.34. The number of benzene rings is 8. The van der Waals surface area contributed by atoms with Gasteiger partial charge >= 0.3 is 0 Å². The van der Waals surface area contributed by atoms with Crippen LogP contribution in [0.1, 0.15) is 0 Å². The van der Waals surface area contributed by atoms with Crippen LogP contribution in [0.5, 0.6) is 0 Å². The molecule has 0 radical (unpaired) electrons. The fraction of sp³-hybridized carbons (Fsp3) is 0. The van der Waals surface area contributed by atoms with Crippen LogP contribution in [0.15, 0.2) is 140 Å². The van der Waals surface area contributed by atoms with Gasteiger partial charge in [-0.05, 0) is 58.2 Å². The molecule has 12 aromatic rings. The van der Waals surface area contributed by atoms with Crippen LogP contribution in [0.2, 0.25) is 0 Å². The van der Waals surface area contributed by atoms with Crippen LogP contribution in [0.3, 0.4) is 0 Å². The van der Waals surface area contributed by atoms with Crippen molar-refractivity contribution in [3.63, 3.8) is 0 Å². The second-order valence-corrected chi connectivity index (χ2v) is 16.5. The van der Waals surface area contributed by atoms with E-state index in [1.165, 1.54) is 122 Å². The van der Waals surface area contributed by atoms with Crippen molar-refractivity contribution in [1.82, 2.24) is 9.13 Å². The topological polar surface area (TPSA) is 9.86 Å². The van der Waals surface area contributed by atoms with Crippen molar-refractivity contribution in [1.29, 1.82) is 0 Å². The van der Waals surface area contributed by atoms with Crippen molar-refractivity contribution in [3.05, 3.63) is 140 Å². The summed E-state index contributed by atoms with van der Waals surface area (Å²) in [5.74, 6) is 0. The lowest BCUT2D eigenvalue weighted by Crippen LogP contribution is -2.59. The number of rotatable bonds is 0. The molecule has 4 aromatic heterocycles. The fourth-order valence-corrected chi connectivity index (χ4v) is 12.5. The molecule has 0 aliphatic carbocycles. The van der Waals surface area contributed by atoms with E-state index in [-0.39, 0.29) is 6.71 Å². The van der Waals surface area contributed by atoms with Crippen LogP contribution in [0, 0.1) is 0 Å². The molecular weight excluding hydrogens is 655 g/mol. The highest BCUT2D eigenvalue weighted by Gasteiger charge is 2.41. The molecule has 2 nitrogen and oxygen atoms in total. The van der Waals surface area contributed by atoms with Gasteiger partial charge in [0.05, 0.1) is 16.7 Å². The second kappa shape index (κ2) is 8.70. The summed E-state index contributed by atoms with van der Waals surface area (Å²) in [6, 6.07) is 53.1. The Morgan fingerprint density at radius 1 is 0.431 bits per heavy atom. The third-order valence-corrected chi connectivity index (χ3v) is 14.4. The molecule has 0 amide bonds. The molecule has 0 fully saturated rings. The number of nitrogens with zero attached hydrogens (tertiary/aromatic N) is 2. The van der Waals surface area contributed by atoms with Crippen molar-refractivity contribution < 1.29 is 0 Å². The van der Waals surface area contributed by atoms with Crippen LogP contribution < -0.4 is 16.4 Å². The summed E-state index contributed by atoms with van der Waals surface area (Å²) in [6.45, 7) is 0.125. The van der Waals surface area contributed by atoms with Gasteiger partial charge in [0.1, 0.15) is 0 Å². The van der Waals surface area contributed by atoms with Gasteiger partial charge in [-0.3, -0.25) is 0 Å². The Balaban J connectivity index is 1.22. The molecule has 0 N–H and O–H groups in total. The van der Waals surface area contributed by atoms with E-state index in [0.29, 0.717) is 0 Å². The first kappa shape index (κ1) is 26.0. The summed E-state index contributed by atoms with van der Waals surface area (Å²) in [6.07, 6.45) is 0. The van der Waals surface area contributed by atoms with E-state index < -0.39 is 0 Å². The lowest BCUT2D eigenvalue weighted by molar-refractivity contribution is 1.16. The first-order valence-corrected chi connectivity index (χ1v) is 19.3. The SMILES string of the molecule is c1ccc2c3c4c(cc2c1)-n1c2cc5sc6ccccc6c5cc2c2cccc(c21)B4c1cccc2c4c5sc6ccccc6c5ccc4n-3c12. The molecule has 0 bridgehead atoms. The van der Waals surface area contributed by atoms with Crippen molar-refractivity contribution in [2.45, 2.75) is 0 Å². The third kappa shape index (κ3) is 2.91. The molecule has 51 heavy (non-hydrogen) atoms. The molecule has 0 spiro atoms. The minimum absolute atomic E-state index is 0.125. The molecular formula is C46H23BN2S2. The zero-order valence-electron chi connectivity index (χ0n) is 27.1. The average Bonchev–Trinajstić information content (AvgIpc) is 3.92. The monoisotopic (exact) mass is 678 g/mol. The summed E-state index contributed by atoms with van der Waals surface area (Å²) in [7, 11) is 0. The van der Waals surface area contributed by atoms with Gasteiger partial charge in [0.2, 0.25) is 0 Å². The van der Waals surface area contributed by atoms with Crippen LogP contribution in [0.4, 0.5) is 0 Å². The van der Waals surface area contributed by atoms with E-state index in [0.717, 1.165) is 0 Å². The smallest absolute Gasteiger partial charge is 0.252 e. The Hall–Kier alpha value is -5.88. The largest absolute Gasteiger partial charge is 0.310 e. The van der Waals surface area contributed by atoms with Gasteiger partial charge in [-0.25, -0.2) is 0 Å². The summed E-state index contributed by atoms with van der Waals surface area (Å²) in [5.41, 5.74) is 12.1.